The Hall–Kier alpha value is -3.06. The van der Waals surface area contributed by atoms with E-state index >= 15 is 0 Å². The maximum Gasteiger partial charge on any atom is 0.258 e. The van der Waals surface area contributed by atoms with Crippen molar-refractivity contribution in [1.82, 2.24) is 15.5 Å². The summed E-state index contributed by atoms with van der Waals surface area (Å²) in [4.78, 5) is 26.6. The van der Waals surface area contributed by atoms with E-state index in [-0.39, 0.29) is 31.0 Å². The summed E-state index contributed by atoms with van der Waals surface area (Å²) < 4.78 is 10.5. The first kappa shape index (κ1) is 21.6. The molecule has 2 amide bonds. The van der Waals surface area contributed by atoms with E-state index in [4.69, 9.17) is 9.47 Å². The number of nitrogens with one attached hydrogen (secondary N) is 2. The van der Waals surface area contributed by atoms with Gasteiger partial charge in [-0.3, -0.25) is 14.5 Å². The van der Waals surface area contributed by atoms with Crippen LogP contribution in [0.5, 0.6) is 11.5 Å². The van der Waals surface area contributed by atoms with Gasteiger partial charge in [-0.15, -0.1) is 0 Å². The van der Waals surface area contributed by atoms with Gasteiger partial charge < -0.3 is 20.1 Å². The zero-order valence-electron chi connectivity index (χ0n) is 17.3. The van der Waals surface area contributed by atoms with Gasteiger partial charge in [-0.05, 0) is 55.8 Å². The standard InChI is InChI=1S/C23H29N3O4/c1-29-19-9-11-20(12-10-19)30-17-23(28)25-16-22(27)24-15-21(26-13-5-6-14-26)18-7-3-2-4-8-18/h2-4,7-12,21H,5-6,13-17H2,1H3,(H,24,27)(H,25,28). The lowest BCUT2D eigenvalue weighted by Crippen LogP contribution is -2.42. The fourth-order valence-corrected chi connectivity index (χ4v) is 3.51. The molecule has 0 spiro atoms. The normalized spacial score (nSPS) is 14.7. The molecule has 1 unspecified atom stereocenters. The van der Waals surface area contributed by atoms with Gasteiger partial charge in [0.25, 0.3) is 5.91 Å². The van der Waals surface area contributed by atoms with E-state index in [0.717, 1.165) is 13.1 Å². The van der Waals surface area contributed by atoms with Crippen LogP contribution in [0, 0.1) is 0 Å². The van der Waals surface area contributed by atoms with Crippen molar-refractivity contribution < 1.29 is 19.1 Å². The molecule has 1 heterocycles. The lowest BCUT2D eigenvalue weighted by molar-refractivity contribution is -0.127. The van der Waals surface area contributed by atoms with E-state index in [0.29, 0.717) is 18.0 Å². The number of hydrogen-bond acceptors (Lipinski definition) is 5. The zero-order valence-corrected chi connectivity index (χ0v) is 17.3. The van der Waals surface area contributed by atoms with Crippen LogP contribution in [-0.2, 0) is 9.59 Å². The summed E-state index contributed by atoms with van der Waals surface area (Å²) in [5.74, 6) is 0.714. The van der Waals surface area contributed by atoms with E-state index in [2.05, 4.69) is 27.7 Å². The van der Waals surface area contributed by atoms with E-state index in [1.54, 1.807) is 31.4 Å². The molecule has 1 aliphatic heterocycles. The number of rotatable bonds is 10. The highest BCUT2D eigenvalue weighted by Gasteiger charge is 2.23. The van der Waals surface area contributed by atoms with Crippen molar-refractivity contribution in [3.05, 3.63) is 60.2 Å². The third kappa shape index (κ3) is 6.49. The van der Waals surface area contributed by atoms with E-state index in [1.165, 1.54) is 18.4 Å². The summed E-state index contributed by atoms with van der Waals surface area (Å²) >= 11 is 0. The van der Waals surface area contributed by atoms with Crippen molar-refractivity contribution in [2.24, 2.45) is 0 Å². The summed E-state index contributed by atoms with van der Waals surface area (Å²) in [6.07, 6.45) is 2.36. The van der Waals surface area contributed by atoms with Crippen LogP contribution in [0.25, 0.3) is 0 Å². The van der Waals surface area contributed by atoms with Crippen LogP contribution < -0.4 is 20.1 Å². The number of benzene rings is 2. The number of nitrogens with zero attached hydrogens (tertiary/aromatic N) is 1. The number of methoxy groups -OCH3 is 1. The first-order valence-electron chi connectivity index (χ1n) is 10.2. The molecule has 7 nitrogen and oxygen atoms in total. The predicted octanol–water partition coefficient (Wildman–Crippen LogP) is 2.14. The molecule has 1 fully saturated rings. The van der Waals surface area contributed by atoms with Gasteiger partial charge in [0.15, 0.2) is 6.61 Å². The highest BCUT2D eigenvalue weighted by Crippen LogP contribution is 2.24. The van der Waals surface area contributed by atoms with Crippen LogP contribution in [-0.4, -0.2) is 56.6 Å². The lowest BCUT2D eigenvalue weighted by atomic mass is 10.1. The molecule has 7 heteroatoms. The zero-order chi connectivity index (χ0) is 21.2. The van der Waals surface area contributed by atoms with Gasteiger partial charge >= 0.3 is 0 Å². The van der Waals surface area contributed by atoms with E-state index < -0.39 is 0 Å². The second-order valence-corrected chi connectivity index (χ2v) is 7.21. The Balaban J connectivity index is 1.41. The molecule has 30 heavy (non-hydrogen) atoms. The van der Waals surface area contributed by atoms with Gasteiger partial charge in [-0.25, -0.2) is 0 Å². The second kappa shape index (κ2) is 11.2. The summed E-state index contributed by atoms with van der Waals surface area (Å²) in [5, 5.41) is 5.54. The molecule has 0 aliphatic carbocycles. The average Bonchev–Trinajstić information content (AvgIpc) is 3.32. The van der Waals surface area contributed by atoms with Crippen LogP contribution >= 0.6 is 0 Å². The van der Waals surface area contributed by atoms with Gasteiger partial charge in [-0.2, -0.15) is 0 Å². The second-order valence-electron chi connectivity index (χ2n) is 7.21. The molecule has 3 rings (SSSR count). The Morgan fingerprint density at radius 3 is 2.27 bits per heavy atom. The molecule has 1 saturated heterocycles. The smallest absolute Gasteiger partial charge is 0.258 e. The van der Waals surface area contributed by atoms with Crippen molar-refractivity contribution in [2.45, 2.75) is 18.9 Å². The maximum absolute atomic E-state index is 12.2. The molecule has 1 aliphatic rings. The van der Waals surface area contributed by atoms with Crippen molar-refractivity contribution >= 4 is 11.8 Å². The fourth-order valence-electron chi connectivity index (χ4n) is 3.51. The summed E-state index contributed by atoms with van der Waals surface area (Å²) in [6, 6.07) is 17.3. The van der Waals surface area contributed by atoms with Crippen molar-refractivity contribution in [1.29, 1.82) is 0 Å². The lowest BCUT2D eigenvalue weighted by Gasteiger charge is -2.28. The van der Waals surface area contributed by atoms with Gasteiger partial charge in [-0.1, -0.05) is 30.3 Å². The average molecular weight is 412 g/mol. The molecule has 2 N–H and O–H groups in total. The Morgan fingerprint density at radius 2 is 1.60 bits per heavy atom. The third-order valence-electron chi connectivity index (χ3n) is 5.13. The SMILES string of the molecule is COc1ccc(OCC(=O)NCC(=O)NCC(c2ccccc2)N2CCCC2)cc1. The molecule has 0 saturated carbocycles. The summed E-state index contributed by atoms with van der Waals surface area (Å²) in [6.45, 7) is 2.36. The number of amides is 2. The minimum absolute atomic E-state index is 0.0771. The van der Waals surface area contributed by atoms with Gasteiger partial charge in [0.2, 0.25) is 5.91 Å². The molecule has 2 aromatic rings. The van der Waals surface area contributed by atoms with E-state index in [9.17, 15) is 9.59 Å². The van der Waals surface area contributed by atoms with Gasteiger partial charge in [0.05, 0.1) is 19.7 Å². The third-order valence-corrected chi connectivity index (χ3v) is 5.13. The highest BCUT2D eigenvalue weighted by atomic mass is 16.5. The monoisotopic (exact) mass is 411 g/mol. The van der Waals surface area contributed by atoms with E-state index in [1.807, 2.05) is 18.2 Å². The Morgan fingerprint density at radius 1 is 0.933 bits per heavy atom. The van der Waals surface area contributed by atoms with Crippen LogP contribution in [0.4, 0.5) is 0 Å². The number of likely N-dealkylation sites (tertiary alicyclic amines) is 1. The number of carbonyl (C=O) groups excluding carboxylic acids is 2. The number of carbonyl (C=O) groups is 2. The van der Waals surface area contributed by atoms with Crippen LogP contribution in [0.1, 0.15) is 24.4 Å². The van der Waals surface area contributed by atoms with Crippen molar-refractivity contribution in [2.75, 3.05) is 39.9 Å². The molecule has 160 valence electrons. The Kier molecular flexibility index (Phi) is 8.09. The molecule has 0 radical (unpaired) electrons. The molecule has 2 aromatic carbocycles. The first-order valence-corrected chi connectivity index (χ1v) is 10.2. The fraction of sp³-hybridized carbons (Fsp3) is 0.391. The quantitative estimate of drug-likeness (QED) is 0.626. The number of ether oxygens (including phenoxy) is 2. The van der Waals surface area contributed by atoms with Crippen LogP contribution in [0.3, 0.4) is 0 Å². The Labute approximate surface area is 177 Å². The minimum atomic E-state index is -0.347. The first-order chi connectivity index (χ1) is 14.7. The molecule has 1 atom stereocenters. The minimum Gasteiger partial charge on any atom is -0.497 e. The molecule has 0 bridgehead atoms. The van der Waals surface area contributed by atoms with Gasteiger partial charge in [0.1, 0.15) is 11.5 Å². The summed E-state index contributed by atoms with van der Waals surface area (Å²) in [7, 11) is 1.58. The number of hydrogen-bond donors (Lipinski definition) is 2. The van der Waals surface area contributed by atoms with Crippen LogP contribution in [0.2, 0.25) is 0 Å². The van der Waals surface area contributed by atoms with Crippen molar-refractivity contribution in [3.63, 3.8) is 0 Å². The maximum atomic E-state index is 12.2. The largest absolute Gasteiger partial charge is 0.497 e. The van der Waals surface area contributed by atoms with Crippen LogP contribution in [0.15, 0.2) is 54.6 Å². The summed E-state index contributed by atoms with van der Waals surface area (Å²) in [5.41, 5.74) is 1.19. The molecule has 0 aromatic heterocycles. The molecular weight excluding hydrogens is 382 g/mol. The Bertz CT molecular complexity index is 805. The molecular formula is C23H29N3O4. The topological polar surface area (TPSA) is 79.9 Å². The van der Waals surface area contributed by atoms with Crippen molar-refractivity contribution in [3.8, 4) is 11.5 Å². The van der Waals surface area contributed by atoms with Gasteiger partial charge in [0, 0.05) is 6.54 Å². The predicted molar refractivity (Wildman–Crippen MR) is 114 cm³/mol. The highest BCUT2D eigenvalue weighted by molar-refractivity contribution is 5.85.